The lowest BCUT2D eigenvalue weighted by Crippen LogP contribution is -2.30. The molecule has 0 amide bonds. The highest BCUT2D eigenvalue weighted by atomic mass is 16.5. The number of pyridine rings is 1. The summed E-state index contributed by atoms with van der Waals surface area (Å²) in [5.41, 5.74) is 2.73. The fourth-order valence-corrected chi connectivity index (χ4v) is 2.69. The summed E-state index contributed by atoms with van der Waals surface area (Å²) in [5, 5.41) is 3.34. The van der Waals surface area contributed by atoms with Gasteiger partial charge in [-0.2, -0.15) is 0 Å². The van der Waals surface area contributed by atoms with Crippen molar-refractivity contribution in [1.82, 2.24) is 9.88 Å². The summed E-state index contributed by atoms with van der Waals surface area (Å²) in [6.45, 7) is 6.21. The van der Waals surface area contributed by atoms with Gasteiger partial charge in [0.2, 0.25) is 0 Å². The Morgan fingerprint density at radius 3 is 3.00 bits per heavy atom. The van der Waals surface area contributed by atoms with Crippen molar-refractivity contribution in [2.45, 2.75) is 45.6 Å². The van der Waals surface area contributed by atoms with Crippen molar-refractivity contribution in [3.63, 3.8) is 0 Å². The van der Waals surface area contributed by atoms with Crippen molar-refractivity contribution in [2.24, 2.45) is 0 Å². The van der Waals surface area contributed by atoms with E-state index < -0.39 is 0 Å². The summed E-state index contributed by atoms with van der Waals surface area (Å²) < 4.78 is 7.43. The van der Waals surface area contributed by atoms with Crippen LogP contribution in [-0.2, 0) is 24.1 Å². The molecule has 0 unspecified atom stereocenters. The van der Waals surface area contributed by atoms with Crippen molar-refractivity contribution in [2.75, 3.05) is 26.3 Å². The predicted molar refractivity (Wildman–Crippen MR) is 81.3 cm³/mol. The highest BCUT2D eigenvalue weighted by Crippen LogP contribution is 2.19. The van der Waals surface area contributed by atoms with E-state index in [2.05, 4.69) is 12.2 Å². The zero-order chi connectivity index (χ0) is 14.2. The van der Waals surface area contributed by atoms with Crippen molar-refractivity contribution < 1.29 is 4.74 Å². The SMILES string of the molecule is CCCCOCCNCCn1c2c(ccc1=O)CCC2. The zero-order valence-electron chi connectivity index (χ0n) is 12.5. The van der Waals surface area contributed by atoms with Crippen LogP contribution in [0.25, 0.3) is 0 Å². The minimum atomic E-state index is 0.131. The highest BCUT2D eigenvalue weighted by molar-refractivity contribution is 5.25. The van der Waals surface area contributed by atoms with Gasteiger partial charge in [0.1, 0.15) is 0 Å². The molecule has 4 nitrogen and oxygen atoms in total. The maximum absolute atomic E-state index is 11.9. The molecule has 1 aromatic heterocycles. The second-order valence-electron chi connectivity index (χ2n) is 5.36. The molecule has 4 heteroatoms. The number of nitrogens with zero attached hydrogens (tertiary/aromatic N) is 1. The Hall–Kier alpha value is -1.13. The van der Waals surface area contributed by atoms with Gasteiger partial charge < -0.3 is 14.6 Å². The fraction of sp³-hybridized carbons (Fsp3) is 0.688. The summed E-state index contributed by atoms with van der Waals surface area (Å²) in [6.07, 6.45) is 5.65. The summed E-state index contributed by atoms with van der Waals surface area (Å²) in [6, 6.07) is 3.70. The van der Waals surface area contributed by atoms with Crippen LogP contribution in [0.5, 0.6) is 0 Å². The van der Waals surface area contributed by atoms with Crippen LogP contribution in [0.4, 0.5) is 0 Å². The molecule has 1 aromatic rings. The molecule has 0 atom stereocenters. The molecule has 0 saturated heterocycles. The first-order valence-corrected chi connectivity index (χ1v) is 7.83. The second kappa shape index (κ2) is 8.22. The Balaban J connectivity index is 1.70. The Labute approximate surface area is 121 Å². The van der Waals surface area contributed by atoms with Crippen LogP contribution in [0.2, 0.25) is 0 Å². The van der Waals surface area contributed by atoms with Crippen LogP contribution in [0.3, 0.4) is 0 Å². The lowest BCUT2D eigenvalue weighted by molar-refractivity contribution is 0.133. The standard InChI is InChI=1S/C16H26N2O2/c1-2-3-12-20-13-10-17-9-11-18-15-6-4-5-14(15)7-8-16(18)19/h7-8,17H,2-6,9-13H2,1H3. The van der Waals surface area contributed by atoms with E-state index in [0.717, 1.165) is 52.1 Å². The topological polar surface area (TPSA) is 43.3 Å². The smallest absolute Gasteiger partial charge is 0.250 e. The first-order valence-electron chi connectivity index (χ1n) is 7.83. The Bertz CT molecular complexity index is 468. The molecule has 20 heavy (non-hydrogen) atoms. The number of nitrogens with one attached hydrogen (secondary N) is 1. The number of fused-ring (bicyclic) bond motifs is 1. The molecule has 1 heterocycles. The van der Waals surface area contributed by atoms with E-state index in [0.29, 0.717) is 0 Å². The third kappa shape index (κ3) is 4.18. The lowest BCUT2D eigenvalue weighted by Gasteiger charge is -2.12. The molecule has 1 aliphatic carbocycles. The maximum Gasteiger partial charge on any atom is 0.250 e. The second-order valence-corrected chi connectivity index (χ2v) is 5.36. The number of ether oxygens (including phenoxy) is 1. The first-order chi connectivity index (χ1) is 9.83. The molecule has 0 spiro atoms. The van der Waals surface area contributed by atoms with Crippen LogP contribution in [0, 0.1) is 0 Å². The number of hydrogen-bond acceptors (Lipinski definition) is 3. The molecule has 0 radical (unpaired) electrons. The minimum Gasteiger partial charge on any atom is -0.380 e. The van der Waals surface area contributed by atoms with Gasteiger partial charge in [-0.05, 0) is 31.2 Å². The molecule has 0 aromatic carbocycles. The third-order valence-corrected chi connectivity index (χ3v) is 3.83. The lowest BCUT2D eigenvalue weighted by atomic mass is 10.2. The molecule has 0 fully saturated rings. The van der Waals surface area contributed by atoms with Crippen LogP contribution in [0.15, 0.2) is 16.9 Å². The van der Waals surface area contributed by atoms with Gasteiger partial charge in [-0.1, -0.05) is 19.4 Å². The summed E-state index contributed by atoms with van der Waals surface area (Å²) in [5.74, 6) is 0. The molecular formula is C16H26N2O2. The Morgan fingerprint density at radius 1 is 1.25 bits per heavy atom. The maximum atomic E-state index is 11.9. The van der Waals surface area contributed by atoms with Crippen molar-refractivity contribution in [1.29, 1.82) is 0 Å². The average Bonchev–Trinajstić information content (AvgIpc) is 2.92. The van der Waals surface area contributed by atoms with Crippen LogP contribution >= 0.6 is 0 Å². The van der Waals surface area contributed by atoms with E-state index in [1.807, 2.05) is 10.6 Å². The quantitative estimate of drug-likeness (QED) is 0.700. The normalized spacial score (nSPS) is 13.7. The molecule has 112 valence electrons. The van der Waals surface area contributed by atoms with E-state index in [-0.39, 0.29) is 5.56 Å². The highest BCUT2D eigenvalue weighted by Gasteiger charge is 2.15. The van der Waals surface area contributed by atoms with E-state index >= 15 is 0 Å². The molecule has 1 N–H and O–H groups in total. The van der Waals surface area contributed by atoms with Gasteiger partial charge in [0, 0.05) is 38.0 Å². The van der Waals surface area contributed by atoms with Gasteiger partial charge in [-0.25, -0.2) is 0 Å². The van der Waals surface area contributed by atoms with Crippen molar-refractivity contribution in [3.05, 3.63) is 33.7 Å². The molecular weight excluding hydrogens is 252 g/mol. The van der Waals surface area contributed by atoms with Crippen molar-refractivity contribution in [3.8, 4) is 0 Å². The molecule has 1 aliphatic rings. The number of aryl methyl sites for hydroxylation is 1. The van der Waals surface area contributed by atoms with Gasteiger partial charge in [-0.15, -0.1) is 0 Å². The Kier molecular flexibility index (Phi) is 6.27. The van der Waals surface area contributed by atoms with Crippen molar-refractivity contribution >= 4 is 0 Å². The van der Waals surface area contributed by atoms with Crippen LogP contribution in [-0.4, -0.2) is 30.9 Å². The number of unbranched alkanes of at least 4 members (excludes halogenated alkanes) is 1. The summed E-state index contributed by atoms with van der Waals surface area (Å²) >= 11 is 0. The summed E-state index contributed by atoms with van der Waals surface area (Å²) in [4.78, 5) is 11.9. The van der Waals surface area contributed by atoms with Crippen LogP contribution in [0.1, 0.15) is 37.4 Å². The monoisotopic (exact) mass is 278 g/mol. The van der Waals surface area contributed by atoms with Gasteiger partial charge in [0.25, 0.3) is 5.56 Å². The van der Waals surface area contributed by atoms with Gasteiger partial charge in [-0.3, -0.25) is 4.79 Å². The van der Waals surface area contributed by atoms with E-state index in [1.54, 1.807) is 6.07 Å². The molecule has 0 aliphatic heterocycles. The van der Waals surface area contributed by atoms with E-state index in [4.69, 9.17) is 4.74 Å². The molecule has 2 rings (SSSR count). The van der Waals surface area contributed by atoms with Crippen LogP contribution < -0.4 is 10.9 Å². The zero-order valence-corrected chi connectivity index (χ0v) is 12.5. The predicted octanol–water partition coefficient (Wildman–Crippen LogP) is 1.74. The van der Waals surface area contributed by atoms with Gasteiger partial charge in [0.15, 0.2) is 0 Å². The summed E-state index contributed by atoms with van der Waals surface area (Å²) in [7, 11) is 0. The van der Waals surface area contributed by atoms with Gasteiger partial charge in [0.05, 0.1) is 6.61 Å². The number of aromatic nitrogens is 1. The fourth-order valence-electron chi connectivity index (χ4n) is 2.69. The Morgan fingerprint density at radius 2 is 2.15 bits per heavy atom. The number of hydrogen-bond donors (Lipinski definition) is 1. The average molecular weight is 278 g/mol. The first kappa shape index (κ1) is 15.3. The van der Waals surface area contributed by atoms with E-state index in [1.165, 1.54) is 24.1 Å². The molecule has 0 bridgehead atoms. The molecule has 0 saturated carbocycles. The third-order valence-electron chi connectivity index (χ3n) is 3.83. The van der Waals surface area contributed by atoms with Gasteiger partial charge >= 0.3 is 0 Å². The minimum absolute atomic E-state index is 0.131. The largest absolute Gasteiger partial charge is 0.380 e. The number of rotatable bonds is 9. The van der Waals surface area contributed by atoms with E-state index in [9.17, 15) is 4.79 Å².